The number of carbonyl (C=O) groups is 1. The Bertz CT molecular complexity index is 927. The summed E-state index contributed by atoms with van der Waals surface area (Å²) in [5.74, 6) is 1.58. The third-order valence-electron chi connectivity index (χ3n) is 7.83. The van der Waals surface area contributed by atoms with E-state index in [1.807, 2.05) is 18.2 Å². The Morgan fingerprint density at radius 1 is 0.943 bits per heavy atom. The van der Waals surface area contributed by atoms with Gasteiger partial charge in [0.2, 0.25) is 5.91 Å². The molecule has 0 aromatic heterocycles. The molecule has 1 fully saturated rings. The number of likely N-dealkylation sites (N-methyl/N-ethyl adjacent to an activating group) is 1. The van der Waals surface area contributed by atoms with Gasteiger partial charge in [-0.3, -0.25) is 4.79 Å². The second kappa shape index (κ2) is 14.2. The lowest BCUT2D eigenvalue weighted by atomic mass is 9.78. The number of rotatable bonds is 13. The summed E-state index contributed by atoms with van der Waals surface area (Å²) in [6.07, 6.45) is 16.3. The lowest BCUT2D eigenvalue weighted by Crippen LogP contribution is -2.25. The number of benzene rings is 2. The van der Waals surface area contributed by atoms with Crippen LogP contribution in [0.4, 0.5) is 4.39 Å². The van der Waals surface area contributed by atoms with E-state index in [-0.39, 0.29) is 11.7 Å². The number of aryl methyl sites for hydroxylation is 2. The molecule has 3 rings (SSSR count). The number of nitrogens with zero attached hydrogens (tertiary/aromatic N) is 1. The maximum atomic E-state index is 15.0. The van der Waals surface area contributed by atoms with E-state index in [0.29, 0.717) is 12.1 Å². The summed E-state index contributed by atoms with van der Waals surface area (Å²) in [6.45, 7) is 6.50. The number of hydrogen-bond donors (Lipinski definition) is 0. The molecule has 1 amide bonds. The number of hydrogen-bond acceptors (Lipinski definition) is 1. The first-order valence-electron chi connectivity index (χ1n) is 13.8. The third-order valence-corrected chi connectivity index (χ3v) is 7.83. The Kier molecular flexibility index (Phi) is 11.0. The molecule has 1 aliphatic carbocycles. The molecule has 2 aromatic rings. The van der Waals surface area contributed by atoms with Gasteiger partial charge in [-0.25, -0.2) is 4.39 Å². The molecule has 190 valence electrons. The van der Waals surface area contributed by atoms with Crippen molar-refractivity contribution in [2.24, 2.45) is 11.8 Å². The molecule has 2 nitrogen and oxygen atoms in total. The quantitative estimate of drug-likeness (QED) is 0.209. The van der Waals surface area contributed by atoms with Crippen LogP contribution in [-0.2, 0) is 17.6 Å². The van der Waals surface area contributed by atoms with Crippen molar-refractivity contribution >= 4 is 5.91 Å². The van der Waals surface area contributed by atoms with Crippen molar-refractivity contribution in [2.45, 2.75) is 84.0 Å². The summed E-state index contributed by atoms with van der Waals surface area (Å²) in [5.41, 5.74) is 3.90. The minimum absolute atomic E-state index is 0.0514. The highest BCUT2D eigenvalue weighted by Crippen LogP contribution is 2.34. The maximum Gasteiger partial charge on any atom is 0.245 e. The minimum Gasteiger partial charge on any atom is -0.342 e. The molecule has 0 radical (unpaired) electrons. The first kappa shape index (κ1) is 27.2. The molecular formula is C32H44FNO. The van der Waals surface area contributed by atoms with Crippen molar-refractivity contribution in [1.82, 2.24) is 4.90 Å². The summed E-state index contributed by atoms with van der Waals surface area (Å²) in [6, 6.07) is 13.9. The van der Waals surface area contributed by atoms with E-state index in [0.717, 1.165) is 42.2 Å². The van der Waals surface area contributed by atoms with Crippen LogP contribution in [0.5, 0.6) is 0 Å². The van der Waals surface area contributed by atoms with Gasteiger partial charge in [0.1, 0.15) is 5.82 Å². The summed E-state index contributed by atoms with van der Waals surface area (Å²) in [4.78, 5) is 13.2. The lowest BCUT2D eigenvalue weighted by Gasteiger charge is -2.28. The molecule has 0 unspecified atom stereocenters. The van der Waals surface area contributed by atoms with Crippen LogP contribution >= 0.6 is 0 Å². The molecule has 0 heterocycles. The molecule has 1 saturated carbocycles. The molecule has 0 aliphatic heterocycles. The molecule has 0 saturated heterocycles. The number of halogens is 1. The van der Waals surface area contributed by atoms with Gasteiger partial charge in [-0.1, -0.05) is 101 Å². The highest BCUT2D eigenvalue weighted by Gasteiger charge is 2.20. The molecule has 1 aliphatic rings. The summed E-state index contributed by atoms with van der Waals surface area (Å²) >= 11 is 0. The predicted molar refractivity (Wildman–Crippen MR) is 146 cm³/mol. The van der Waals surface area contributed by atoms with Gasteiger partial charge in [-0.15, -0.1) is 0 Å². The van der Waals surface area contributed by atoms with E-state index in [9.17, 15) is 9.18 Å². The lowest BCUT2D eigenvalue weighted by molar-refractivity contribution is -0.124. The smallest absolute Gasteiger partial charge is 0.245 e. The molecule has 2 aromatic carbocycles. The molecule has 0 bridgehead atoms. The molecule has 0 atom stereocenters. The van der Waals surface area contributed by atoms with Gasteiger partial charge in [0.05, 0.1) is 0 Å². The fourth-order valence-corrected chi connectivity index (χ4v) is 5.45. The van der Waals surface area contributed by atoms with Crippen molar-refractivity contribution in [2.75, 3.05) is 13.6 Å². The van der Waals surface area contributed by atoms with Crippen LogP contribution in [0.3, 0.4) is 0 Å². The zero-order valence-corrected chi connectivity index (χ0v) is 21.9. The van der Waals surface area contributed by atoms with Crippen LogP contribution < -0.4 is 0 Å². The van der Waals surface area contributed by atoms with Crippen molar-refractivity contribution in [3.8, 4) is 11.1 Å². The average molecular weight is 478 g/mol. The molecule has 3 heteroatoms. The summed E-state index contributed by atoms with van der Waals surface area (Å²) < 4.78 is 15.0. The Labute approximate surface area is 212 Å². The Hall–Kier alpha value is -2.42. The monoisotopic (exact) mass is 477 g/mol. The van der Waals surface area contributed by atoms with Crippen LogP contribution in [0.15, 0.2) is 55.1 Å². The highest BCUT2D eigenvalue weighted by atomic mass is 19.1. The van der Waals surface area contributed by atoms with Crippen molar-refractivity contribution < 1.29 is 9.18 Å². The topological polar surface area (TPSA) is 20.3 Å². The predicted octanol–water partition coefficient (Wildman–Crippen LogP) is 8.39. The second-order valence-electron chi connectivity index (χ2n) is 10.5. The zero-order chi connectivity index (χ0) is 25.0. The van der Waals surface area contributed by atoms with Gasteiger partial charge >= 0.3 is 0 Å². The summed E-state index contributed by atoms with van der Waals surface area (Å²) in [5, 5.41) is 0. The average Bonchev–Trinajstić information content (AvgIpc) is 2.88. The molecule has 0 N–H and O–H groups in total. The van der Waals surface area contributed by atoms with Crippen LogP contribution in [0.25, 0.3) is 11.1 Å². The van der Waals surface area contributed by atoms with E-state index >= 15 is 0 Å². The normalized spacial score (nSPS) is 17.8. The van der Waals surface area contributed by atoms with Gasteiger partial charge < -0.3 is 4.90 Å². The number of carbonyl (C=O) groups excluding carboxylic acids is 1. The standard InChI is InChI=1S/C32H44FNO/c1-4-6-7-9-25-11-13-27(14-12-25)15-16-28-19-22-30(31(33)24-28)29-20-17-26(18-21-29)10-8-23-34(3)32(35)5-2/h5,17-22,24-25,27H,2,4,6-16,23H2,1,3H3. The Morgan fingerprint density at radius 3 is 2.23 bits per heavy atom. The van der Waals surface area contributed by atoms with Crippen molar-refractivity contribution in [3.05, 3.63) is 72.1 Å². The Morgan fingerprint density at radius 2 is 1.60 bits per heavy atom. The zero-order valence-electron chi connectivity index (χ0n) is 21.9. The van der Waals surface area contributed by atoms with Crippen molar-refractivity contribution in [3.63, 3.8) is 0 Å². The number of unbranched alkanes of at least 4 members (excludes halogenated alkanes) is 2. The van der Waals surface area contributed by atoms with Gasteiger partial charge in [-0.05, 0) is 66.4 Å². The van der Waals surface area contributed by atoms with Gasteiger partial charge in [0, 0.05) is 19.2 Å². The third kappa shape index (κ3) is 8.63. The van der Waals surface area contributed by atoms with Crippen LogP contribution in [-0.4, -0.2) is 24.4 Å². The highest BCUT2D eigenvalue weighted by molar-refractivity contribution is 5.86. The molecular weight excluding hydrogens is 433 g/mol. The number of amides is 1. The second-order valence-corrected chi connectivity index (χ2v) is 10.5. The molecule has 0 spiro atoms. The first-order chi connectivity index (χ1) is 17.0. The van der Waals surface area contributed by atoms with E-state index in [4.69, 9.17) is 0 Å². The van der Waals surface area contributed by atoms with Crippen LogP contribution in [0.1, 0.15) is 82.3 Å². The van der Waals surface area contributed by atoms with Crippen LogP contribution in [0.2, 0.25) is 0 Å². The largest absolute Gasteiger partial charge is 0.342 e. The maximum absolute atomic E-state index is 15.0. The van der Waals surface area contributed by atoms with Gasteiger partial charge in [0.25, 0.3) is 0 Å². The fraction of sp³-hybridized carbons (Fsp3) is 0.531. The van der Waals surface area contributed by atoms with E-state index in [1.54, 1.807) is 18.0 Å². The summed E-state index contributed by atoms with van der Waals surface area (Å²) in [7, 11) is 1.79. The Balaban J connectivity index is 1.45. The minimum atomic E-state index is -0.126. The van der Waals surface area contributed by atoms with E-state index < -0.39 is 0 Å². The van der Waals surface area contributed by atoms with Crippen LogP contribution in [0, 0.1) is 17.7 Å². The van der Waals surface area contributed by atoms with E-state index in [1.165, 1.54) is 69.4 Å². The van der Waals surface area contributed by atoms with E-state index in [2.05, 4.69) is 31.7 Å². The first-order valence-corrected chi connectivity index (χ1v) is 13.8. The van der Waals surface area contributed by atoms with Gasteiger partial charge in [-0.2, -0.15) is 0 Å². The fourth-order valence-electron chi connectivity index (χ4n) is 5.45. The SMILES string of the molecule is C=CC(=O)N(C)CCCc1ccc(-c2ccc(CCC3CCC(CCCCC)CC3)cc2F)cc1. The van der Waals surface area contributed by atoms with Gasteiger partial charge in [0.15, 0.2) is 0 Å². The van der Waals surface area contributed by atoms with Crippen molar-refractivity contribution in [1.29, 1.82) is 0 Å². The molecule has 35 heavy (non-hydrogen) atoms.